The molecule has 0 atom stereocenters. The molecule has 0 spiro atoms. The number of nitrogens with one attached hydrogen (secondary N) is 2. The van der Waals surface area contributed by atoms with E-state index in [1.807, 2.05) is 0 Å². The predicted molar refractivity (Wildman–Crippen MR) is 113 cm³/mol. The molecule has 0 aliphatic rings. The Balaban J connectivity index is 1.88. The fourth-order valence-corrected chi connectivity index (χ4v) is 2.36. The zero-order valence-corrected chi connectivity index (χ0v) is 17.7. The highest BCUT2D eigenvalue weighted by atomic mass is 16.6. The first-order chi connectivity index (χ1) is 14.6. The van der Waals surface area contributed by atoms with E-state index in [0.717, 1.165) is 0 Å². The van der Waals surface area contributed by atoms with E-state index in [1.54, 1.807) is 32.9 Å². The van der Waals surface area contributed by atoms with Crippen LogP contribution in [0.4, 0.5) is 16.2 Å². The number of esters is 2. The topological polar surface area (TPSA) is 120 Å². The second-order valence-corrected chi connectivity index (χ2v) is 7.40. The van der Waals surface area contributed by atoms with Crippen molar-refractivity contribution in [2.24, 2.45) is 0 Å². The molecule has 2 aromatic rings. The zero-order valence-electron chi connectivity index (χ0n) is 17.7. The van der Waals surface area contributed by atoms with Crippen molar-refractivity contribution < 1.29 is 33.4 Å². The molecule has 2 N–H and O–H groups in total. The van der Waals surface area contributed by atoms with Crippen LogP contribution in [-0.4, -0.2) is 43.3 Å². The molecule has 31 heavy (non-hydrogen) atoms. The normalized spacial score (nSPS) is 10.6. The zero-order chi connectivity index (χ0) is 23.0. The van der Waals surface area contributed by atoms with Crippen LogP contribution in [0.25, 0.3) is 0 Å². The van der Waals surface area contributed by atoms with Crippen molar-refractivity contribution in [1.82, 2.24) is 0 Å². The summed E-state index contributed by atoms with van der Waals surface area (Å²) in [4.78, 5) is 47.5. The lowest BCUT2D eigenvalue weighted by atomic mass is 10.2. The molecule has 2 rings (SSSR count). The molecule has 0 saturated heterocycles. The molecule has 0 aliphatic heterocycles. The Morgan fingerprint density at radius 1 is 0.839 bits per heavy atom. The van der Waals surface area contributed by atoms with Crippen molar-refractivity contribution in [3.05, 3.63) is 59.7 Å². The van der Waals surface area contributed by atoms with E-state index in [0.29, 0.717) is 16.9 Å². The average Bonchev–Trinajstić information content (AvgIpc) is 2.70. The second-order valence-electron chi connectivity index (χ2n) is 7.40. The van der Waals surface area contributed by atoms with E-state index in [4.69, 9.17) is 9.47 Å². The first-order valence-electron chi connectivity index (χ1n) is 9.33. The molecule has 0 radical (unpaired) electrons. The first-order valence-corrected chi connectivity index (χ1v) is 9.33. The van der Waals surface area contributed by atoms with Gasteiger partial charge in [-0.15, -0.1) is 0 Å². The number of carbonyl (C=O) groups excluding carboxylic acids is 4. The Morgan fingerprint density at radius 2 is 1.52 bits per heavy atom. The fraction of sp³-hybridized carbons (Fsp3) is 0.273. The van der Waals surface area contributed by atoms with Crippen LogP contribution >= 0.6 is 0 Å². The monoisotopic (exact) mass is 428 g/mol. The van der Waals surface area contributed by atoms with Gasteiger partial charge >= 0.3 is 18.0 Å². The third kappa shape index (κ3) is 7.81. The third-order valence-corrected chi connectivity index (χ3v) is 3.67. The van der Waals surface area contributed by atoms with Gasteiger partial charge in [-0.2, -0.15) is 0 Å². The SMILES string of the molecule is COC(=O)c1ccc(NC(=O)COC(=O)c2cccc(NC(=O)OC(C)(C)C)c2)cc1. The summed E-state index contributed by atoms with van der Waals surface area (Å²) in [6, 6.07) is 12.1. The Labute approximate surface area is 179 Å². The average molecular weight is 428 g/mol. The van der Waals surface area contributed by atoms with Crippen LogP contribution in [0.2, 0.25) is 0 Å². The number of hydrogen-bond acceptors (Lipinski definition) is 7. The van der Waals surface area contributed by atoms with Gasteiger partial charge < -0.3 is 19.5 Å². The minimum atomic E-state index is -0.732. The van der Waals surface area contributed by atoms with E-state index >= 15 is 0 Å². The Morgan fingerprint density at radius 3 is 2.13 bits per heavy atom. The van der Waals surface area contributed by atoms with Crippen LogP contribution in [0.15, 0.2) is 48.5 Å². The smallest absolute Gasteiger partial charge is 0.412 e. The van der Waals surface area contributed by atoms with Gasteiger partial charge in [-0.25, -0.2) is 14.4 Å². The summed E-state index contributed by atoms with van der Waals surface area (Å²) < 4.78 is 14.8. The van der Waals surface area contributed by atoms with Crippen LogP contribution in [0, 0.1) is 0 Å². The van der Waals surface area contributed by atoms with Crippen molar-refractivity contribution in [3.63, 3.8) is 0 Å². The minimum Gasteiger partial charge on any atom is -0.465 e. The molecule has 2 aromatic carbocycles. The van der Waals surface area contributed by atoms with Gasteiger partial charge in [-0.05, 0) is 63.2 Å². The van der Waals surface area contributed by atoms with Crippen molar-refractivity contribution in [3.8, 4) is 0 Å². The highest BCUT2D eigenvalue weighted by Gasteiger charge is 2.17. The molecule has 0 saturated carbocycles. The number of ether oxygens (including phenoxy) is 3. The van der Waals surface area contributed by atoms with Crippen molar-refractivity contribution in [2.75, 3.05) is 24.4 Å². The van der Waals surface area contributed by atoms with Crippen LogP contribution in [-0.2, 0) is 19.0 Å². The molecule has 0 heterocycles. The van der Waals surface area contributed by atoms with Crippen molar-refractivity contribution >= 4 is 35.3 Å². The van der Waals surface area contributed by atoms with Crippen molar-refractivity contribution in [2.45, 2.75) is 26.4 Å². The summed E-state index contributed by atoms with van der Waals surface area (Å²) in [7, 11) is 1.27. The van der Waals surface area contributed by atoms with E-state index in [-0.39, 0.29) is 5.56 Å². The standard InChI is InChI=1S/C22H24N2O7/c1-22(2,3)31-21(28)24-17-7-5-6-15(12-17)20(27)30-13-18(25)23-16-10-8-14(9-11-16)19(26)29-4/h5-12H,13H2,1-4H3,(H,23,25)(H,24,28). The van der Waals surface area contributed by atoms with Crippen LogP contribution in [0.1, 0.15) is 41.5 Å². The van der Waals surface area contributed by atoms with Gasteiger partial charge in [0.1, 0.15) is 5.60 Å². The number of benzene rings is 2. The number of hydrogen-bond donors (Lipinski definition) is 2. The van der Waals surface area contributed by atoms with E-state index in [2.05, 4.69) is 15.4 Å². The van der Waals surface area contributed by atoms with Crippen LogP contribution < -0.4 is 10.6 Å². The highest BCUT2D eigenvalue weighted by molar-refractivity contribution is 5.97. The molecule has 164 valence electrons. The number of carbonyl (C=O) groups is 4. The fourth-order valence-electron chi connectivity index (χ4n) is 2.36. The van der Waals surface area contributed by atoms with Crippen LogP contribution in [0.5, 0.6) is 0 Å². The quantitative estimate of drug-likeness (QED) is 0.533. The predicted octanol–water partition coefficient (Wildman–Crippen LogP) is 3.62. The summed E-state index contributed by atoms with van der Waals surface area (Å²) in [5, 5.41) is 5.08. The Bertz CT molecular complexity index is 963. The Hall–Kier alpha value is -3.88. The van der Waals surface area contributed by atoms with Gasteiger partial charge in [0.2, 0.25) is 0 Å². The summed E-state index contributed by atoms with van der Waals surface area (Å²) in [5.74, 6) is -1.78. The number of amides is 2. The van der Waals surface area contributed by atoms with Gasteiger partial charge in [0.05, 0.1) is 18.2 Å². The maximum atomic E-state index is 12.2. The lowest BCUT2D eigenvalue weighted by Crippen LogP contribution is -2.27. The van der Waals surface area contributed by atoms with Gasteiger partial charge in [-0.3, -0.25) is 10.1 Å². The third-order valence-electron chi connectivity index (χ3n) is 3.67. The van der Waals surface area contributed by atoms with Gasteiger partial charge in [0.15, 0.2) is 6.61 Å². The summed E-state index contributed by atoms with van der Waals surface area (Å²) in [6.07, 6.45) is -0.657. The van der Waals surface area contributed by atoms with E-state index in [9.17, 15) is 19.2 Å². The largest absolute Gasteiger partial charge is 0.465 e. The summed E-state index contributed by atoms with van der Waals surface area (Å²) >= 11 is 0. The maximum Gasteiger partial charge on any atom is 0.412 e. The lowest BCUT2D eigenvalue weighted by molar-refractivity contribution is -0.119. The van der Waals surface area contributed by atoms with Gasteiger partial charge in [0, 0.05) is 11.4 Å². The number of anilines is 2. The molecular formula is C22H24N2O7. The maximum absolute atomic E-state index is 12.2. The molecule has 0 unspecified atom stereocenters. The molecule has 2 amide bonds. The van der Waals surface area contributed by atoms with Crippen molar-refractivity contribution in [1.29, 1.82) is 0 Å². The van der Waals surface area contributed by atoms with E-state index in [1.165, 1.54) is 43.5 Å². The first kappa shape index (κ1) is 23.4. The number of methoxy groups -OCH3 is 1. The lowest BCUT2D eigenvalue weighted by Gasteiger charge is -2.19. The molecule has 9 nitrogen and oxygen atoms in total. The van der Waals surface area contributed by atoms with Gasteiger partial charge in [-0.1, -0.05) is 6.07 Å². The molecule has 0 fully saturated rings. The summed E-state index contributed by atoms with van der Waals surface area (Å²) in [6.45, 7) is 4.69. The molecule has 9 heteroatoms. The minimum absolute atomic E-state index is 0.156. The van der Waals surface area contributed by atoms with Crippen LogP contribution in [0.3, 0.4) is 0 Å². The second kappa shape index (κ2) is 10.2. The molecule has 0 aliphatic carbocycles. The summed E-state index contributed by atoms with van der Waals surface area (Å²) in [5.41, 5.74) is 0.611. The Kier molecular flexibility index (Phi) is 7.73. The molecular weight excluding hydrogens is 404 g/mol. The molecule has 0 bridgehead atoms. The van der Waals surface area contributed by atoms with E-state index < -0.39 is 36.1 Å². The highest BCUT2D eigenvalue weighted by Crippen LogP contribution is 2.15. The molecule has 0 aromatic heterocycles. The number of rotatable bonds is 6. The van der Waals surface area contributed by atoms with Gasteiger partial charge in [0.25, 0.3) is 5.91 Å².